The molecule has 2 aliphatic heterocycles. The van der Waals surface area contributed by atoms with Crippen molar-refractivity contribution in [3.05, 3.63) is 17.4 Å². The van der Waals surface area contributed by atoms with E-state index in [1.54, 1.807) is 17.1 Å². The molecule has 3 rings (SSSR count). The summed E-state index contributed by atoms with van der Waals surface area (Å²) in [7, 11) is 0. The molecule has 0 unspecified atom stereocenters. The zero-order valence-electron chi connectivity index (χ0n) is 14.2. The van der Waals surface area contributed by atoms with Crippen LogP contribution in [0.3, 0.4) is 0 Å². The second-order valence-electron chi connectivity index (χ2n) is 6.75. The lowest BCUT2D eigenvalue weighted by molar-refractivity contribution is -0.144. The topological polar surface area (TPSA) is 58.4 Å². The van der Waals surface area contributed by atoms with Gasteiger partial charge in [-0.25, -0.2) is 0 Å². The summed E-state index contributed by atoms with van der Waals surface area (Å²) < 4.78 is 1.70. The van der Waals surface area contributed by atoms with Crippen LogP contribution in [0.4, 0.5) is 0 Å². The minimum absolute atomic E-state index is 0.166. The maximum absolute atomic E-state index is 12.5. The zero-order valence-corrected chi connectivity index (χ0v) is 14.9. The van der Waals surface area contributed by atoms with E-state index in [4.69, 9.17) is 11.6 Å². The van der Waals surface area contributed by atoms with Crippen LogP contribution in [-0.4, -0.2) is 57.1 Å². The molecular weight excluding hydrogens is 328 g/mol. The van der Waals surface area contributed by atoms with E-state index in [0.717, 1.165) is 38.9 Å². The number of likely N-dealkylation sites (tertiary alicyclic amines) is 2. The number of fused-ring (bicyclic) bond motifs is 1. The average molecular weight is 353 g/mol. The molecule has 0 spiro atoms. The Morgan fingerprint density at radius 2 is 2.21 bits per heavy atom. The van der Waals surface area contributed by atoms with E-state index in [2.05, 4.69) is 16.9 Å². The molecule has 132 valence electrons. The molecule has 0 bridgehead atoms. The van der Waals surface area contributed by atoms with Gasteiger partial charge < -0.3 is 9.80 Å². The lowest BCUT2D eigenvalue weighted by Crippen LogP contribution is -2.57. The maximum Gasteiger partial charge on any atom is 0.224 e. The number of amides is 2. The molecule has 2 aliphatic rings. The van der Waals surface area contributed by atoms with Gasteiger partial charge in [-0.05, 0) is 25.2 Å². The first-order chi connectivity index (χ1) is 11.6. The van der Waals surface area contributed by atoms with Gasteiger partial charge in [0.1, 0.15) is 0 Å². The quantitative estimate of drug-likeness (QED) is 0.816. The Morgan fingerprint density at radius 3 is 2.92 bits per heavy atom. The molecule has 1 aromatic heterocycles. The van der Waals surface area contributed by atoms with E-state index in [9.17, 15) is 9.59 Å². The molecule has 7 heteroatoms. The van der Waals surface area contributed by atoms with Crippen LogP contribution < -0.4 is 0 Å². The minimum atomic E-state index is 0.166. The highest BCUT2D eigenvalue weighted by Gasteiger charge is 2.39. The first-order valence-electron chi connectivity index (χ1n) is 8.83. The van der Waals surface area contributed by atoms with Crippen molar-refractivity contribution in [2.75, 3.05) is 19.6 Å². The van der Waals surface area contributed by atoms with Gasteiger partial charge in [-0.2, -0.15) is 5.10 Å². The van der Waals surface area contributed by atoms with Crippen molar-refractivity contribution in [3.8, 4) is 0 Å². The molecule has 2 amide bonds. The Morgan fingerprint density at radius 1 is 1.38 bits per heavy atom. The molecule has 0 aliphatic carbocycles. The van der Waals surface area contributed by atoms with Crippen LogP contribution in [0.1, 0.15) is 39.0 Å². The van der Waals surface area contributed by atoms with E-state index in [1.807, 2.05) is 4.90 Å². The van der Waals surface area contributed by atoms with Gasteiger partial charge in [0.25, 0.3) is 0 Å². The van der Waals surface area contributed by atoms with Gasteiger partial charge in [-0.3, -0.25) is 14.3 Å². The fraction of sp³-hybridized carbons (Fsp3) is 0.706. The van der Waals surface area contributed by atoms with Gasteiger partial charge in [0.15, 0.2) is 0 Å². The second kappa shape index (κ2) is 7.55. The summed E-state index contributed by atoms with van der Waals surface area (Å²) in [5.41, 5.74) is 0. The highest BCUT2D eigenvalue weighted by molar-refractivity contribution is 6.30. The molecule has 0 N–H and O–H groups in total. The summed E-state index contributed by atoms with van der Waals surface area (Å²) in [5.74, 6) is 0.874. The number of hydrogen-bond acceptors (Lipinski definition) is 3. The Labute approximate surface area is 147 Å². The highest BCUT2D eigenvalue weighted by atomic mass is 35.5. The number of rotatable bonds is 5. The first kappa shape index (κ1) is 17.3. The van der Waals surface area contributed by atoms with Crippen LogP contribution in [0.15, 0.2) is 12.4 Å². The summed E-state index contributed by atoms with van der Waals surface area (Å²) in [6.07, 6.45) is 7.17. The Kier molecular flexibility index (Phi) is 5.43. The van der Waals surface area contributed by atoms with Crippen LogP contribution in [0, 0.1) is 5.92 Å². The van der Waals surface area contributed by atoms with Gasteiger partial charge in [0.05, 0.1) is 11.2 Å². The Bertz CT molecular complexity index is 603. The van der Waals surface area contributed by atoms with Crippen LogP contribution in [0.5, 0.6) is 0 Å². The number of aromatic nitrogens is 2. The Hall–Kier alpha value is -1.56. The lowest BCUT2D eigenvalue weighted by Gasteiger charge is -2.47. The SMILES string of the molecule is CCCN1C(=O)CC[C@H]2CN(C(=O)CCn3cc(Cl)cn3)CC[C@H]21. The van der Waals surface area contributed by atoms with Crippen molar-refractivity contribution in [1.29, 1.82) is 0 Å². The molecule has 1 aromatic rings. The van der Waals surface area contributed by atoms with Crippen LogP contribution in [0.25, 0.3) is 0 Å². The number of nitrogens with zero attached hydrogens (tertiary/aromatic N) is 4. The van der Waals surface area contributed by atoms with E-state index < -0.39 is 0 Å². The molecule has 2 fully saturated rings. The van der Waals surface area contributed by atoms with Crippen molar-refractivity contribution >= 4 is 23.4 Å². The molecule has 24 heavy (non-hydrogen) atoms. The van der Waals surface area contributed by atoms with Gasteiger partial charge in [-0.1, -0.05) is 18.5 Å². The van der Waals surface area contributed by atoms with Gasteiger partial charge >= 0.3 is 0 Å². The molecule has 3 heterocycles. The molecule has 2 atom stereocenters. The van der Waals surface area contributed by atoms with Crippen LogP contribution in [-0.2, 0) is 16.1 Å². The van der Waals surface area contributed by atoms with Crippen molar-refractivity contribution in [3.63, 3.8) is 0 Å². The summed E-state index contributed by atoms with van der Waals surface area (Å²) >= 11 is 5.84. The fourth-order valence-electron chi connectivity index (χ4n) is 3.94. The van der Waals surface area contributed by atoms with Crippen molar-refractivity contribution in [2.45, 2.75) is 51.6 Å². The van der Waals surface area contributed by atoms with Gasteiger partial charge in [0.2, 0.25) is 11.8 Å². The molecule has 0 aromatic carbocycles. The third-order valence-corrected chi connectivity index (χ3v) is 5.31. The summed E-state index contributed by atoms with van der Waals surface area (Å²) in [6.45, 7) is 5.02. The molecule has 0 saturated carbocycles. The van der Waals surface area contributed by atoms with Gasteiger partial charge in [-0.15, -0.1) is 0 Å². The summed E-state index contributed by atoms with van der Waals surface area (Å²) in [6, 6.07) is 0.320. The number of piperidine rings is 2. The van der Waals surface area contributed by atoms with E-state index in [0.29, 0.717) is 36.4 Å². The largest absolute Gasteiger partial charge is 0.342 e. The number of aryl methyl sites for hydroxylation is 1. The zero-order chi connectivity index (χ0) is 17.1. The molecule has 2 saturated heterocycles. The van der Waals surface area contributed by atoms with Crippen LogP contribution >= 0.6 is 11.6 Å². The maximum atomic E-state index is 12.5. The summed E-state index contributed by atoms with van der Waals surface area (Å²) in [5, 5.41) is 4.70. The second-order valence-corrected chi connectivity index (χ2v) is 7.19. The van der Waals surface area contributed by atoms with Crippen molar-refractivity contribution < 1.29 is 9.59 Å². The van der Waals surface area contributed by atoms with Gasteiger partial charge in [0, 0.05) is 51.3 Å². The van der Waals surface area contributed by atoms with E-state index in [-0.39, 0.29) is 11.8 Å². The van der Waals surface area contributed by atoms with E-state index in [1.165, 1.54) is 0 Å². The number of carbonyl (C=O) groups excluding carboxylic acids is 2. The number of carbonyl (C=O) groups is 2. The molecular formula is C17H25ClN4O2. The first-order valence-corrected chi connectivity index (χ1v) is 9.21. The smallest absolute Gasteiger partial charge is 0.224 e. The monoisotopic (exact) mass is 352 g/mol. The van der Waals surface area contributed by atoms with E-state index >= 15 is 0 Å². The highest BCUT2D eigenvalue weighted by Crippen LogP contribution is 2.31. The van der Waals surface area contributed by atoms with Crippen molar-refractivity contribution in [1.82, 2.24) is 19.6 Å². The number of hydrogen-bond donors (Lipinski definition) is 0. The number of halogens is 1. The van der Waals surface area contributed by atoms with Crippen LogP contribution in [0.2, 0.25) is 5.02 Å². The summed E-state index contributed by atoms with van der Waals surface area (Å²) in [4.78, 5) is 28.7. The van der Waals surface area contributed by atoms with Crippen molar-refractivity contribution in [2.24, 2.45) is 5.92 Å². The Balaban J connectivity index is 1.54. The average Bonchev–Trinajstić information content (AvgIpc) is 3.00. The minimum Gasteiger partial charge on any atom is -0.342 e. The predicted molar refractivity (Wildman–Crippen MR) is 91.6 cm³/mol. The molecule has 0 radical (unpaired) electrons. The standard InChI is InChI=1S/C17H25ClN4O2/c1-2-7-22-15-5-8-20(11-13(15)3-4-17(22)24)16(23)6-9-21-12-14(18)10-19-21/h10,12-13,15H,2-9,11H2,1H3/t13-,15+/m0/s1. The molecule has 6 nitrogen and oxygen atoms in total. The fourth-order valence-corrected chi connectivity index (χ4v) is 4.09. The lowest BCUT2D eigenvalue weighted by atomic mass is 9.83. The third-order valence-electron chi connectivity index (χ3n) is 5.12. The predicted octanol–water partition coefficient (Wildman–Crippen LogP) is 2.18. The normalized spacial score (nSPS) is 24.2. The third kappa shape index (κ3) is 3.74.